The molecule has 0 saturated heterocycles. The summed E-state index contributed by atoms with van der Waals surface area (Å²) in [6.45, 7) is 0. The van der Waals surface area contributed by atoms with Gasteiger partial charge in [-0.25, -0.2) is 0 Å². The normalized spacial score (nSPS) is 15.1. The molecule has 63 heavy (non-hydrogen) atoms. The van der Waals surface area contributed by atoms with Gasteiger partial charge in [-0.15, -0.1) is 11.3 Å². The largest absolute Gasteiger partial charge is 0.484 e. The minimum Gasteiger partial charge on any atom is -0.484 e. The van der Waals surface area contributed by atoms with Crippen LogP contribution in [0.2, 0.25) is 0 Å². The summed E-state index contributed by atoms with van der Waals surface area (Å²) in [6, 6.07) is 75.5. The van der Waals surface area contributed by atoms with Gasteiger partial charge < -0.3 is 9.15 Å². The smallest absolute Gasteiger partial charge is 0.136 e. The van der Waals surface area contributed by atoms with Gasteiger partial charge in [0, 0.05) is 42.1 Å². The predicted molar refractivity (Wildman–Crippen MR) is 266 cm³/mol. The highest BCUT2D eigenvalue weighted by molar-refractivity contribution is 7.26. The van der Waals surface area contributed by atoms with Crippen LogP contribution in [-0.2, 0) is 0 Å². The Morgan fingerprint density at radius 3 is 1.75 bits per heavy atom. The second kappa shape index (κ2) is 13.4. The first-order valence-electron chi connectivity index (χ1n) is 21.7. The molecule has 0 radical (unpaired) electrons. The summed E-state index contributed by atoms with van der Waals surface area (Å²) in [5, 5.41) is 14.6. The summed E-state index contributed by atoms with van der Waals surface area (Å²) in [4.78, 5) is 0. The van der Waals surface area contributed by atoms with Crippen molar-refractivity contribution < 1.29 is 9.15 Å². The Kier molecular flexibility index (Phi) is 7.42. The van der Waals surface area contributed by atoms with E-state index in [0.717, 1.165) is 27.7 Å². The van der Waals surface area contributed by atoms with Crippen molar-refractivity contribution in [1.82, 2.24) is 0 Å². The van der Waals surface area contributed by atoms with Gasteiger partial charge in [-0.2, -0.15) is 0 Å². The maximum absolute atomic E-state index is 7.41. The highest BCUT2D eigenvalue weighted by Crippen LogP contribution is 2.58. The van der Waals surface area contributed by atoms with Gasteiger partial charge in [0.05, 0.1) is 5.92 Å². The van der Waals surface area contributed by atoms with Crippen molar-refractivity contribution in [3.8, 4) is 28.0 Å². The zero-order valence-corrected chi connectivity index (χ0v) is 34.8. The SMILES string of the molecule is c1ccc(C2c3c(cc(-c4c5ccccc5c(-c5ccc6oc7cc8ccccc8cc7c6c5)c5ccccc45)c4sc5ccccc5c34)OC2c2ccc3ccccc3c2)cc1. The lowest BCUT2D eigenvalue weighted by Crippen LogP contribution is -2.11. The number of fused-ring (bicyclic) bond motifs is 12. The molecule has 2 nitrogen and oxygen atoms in total. The highest BCUT2D eigenvalue weighted by Gasteiger charge is 2.40. The molecular formula is C60H36O2S. The number of ether oxygens (including phenoxy) is 1. The molecule has 2 aromatic heterocycles. The third-order valence-corrected chi connectivity index (χ3v) is 14.8. The average molecular weight is 821 g/mol. The highest BCUT2D eigenvalue weighted by atomic mass is 32.1. The number of hydrogen-bond donors (Lipinski definition) is 0. The zero-order chi connectivity index (χ0) is 41.2. The quantitative estimate of drug-likeness (QED) is 0.165. The maximum atomic E-state index is 7.41. The van der Waals surface area contributed by atoms with Gasteiger partial charge in [-0.3, -0.25) is 0 Å². The van der Waals surface area contributed by atoms with Gasteiger partial charge in [0.25, 0.3) is 0 Å². The average Bonchev–Trinajstić information content (AvgIpc) is 4.03. The van der Waals surface area contributed by atoms with Gasteiger partial charge >= 0.3 is 0 Å². The molecule has 0 bridgehead atoms. The molecule has 2 unspecified atom stereocenters. The van der Waals surface area contributed by atoms with Crippen LogP contribution in [0.3, 0.4) is 0 Å². The summed E-state index contributed by atoms with van der Waals surface area (Å²) >= 11 is 1.90. The summed E-state index contributed by atoms with van der Waals surface area (Å²) in [6.07, 6.45) is -0.202. The van der Waals surface area contributed by atoms with E-state index in [9.17, 15) is 0 Å². The van der Waals surface area contributed by atoms with E-state index in [0.29, 0.717) is 0 Å². The molecule has 13 aromatic rings. The van der Waals surface area contributed by atoms with Crippen molar-refractivity contribution >= 4 is 96.5 Å². The van der Waals surface area contributed by atoms with Crippen molar-refractivity contribution in [1.29, 1.82) is 0 Å². The number of rotatable bonds is 4. The summed E-state index contributed by atoms with van der Waals surface area (Å²) in [5.41, 5.74) is 10.4. The van der Waals surface area contributed by atoms with Crippen molar-refractivity contribution in [2.24, 2.45) is 0 Å². The second-order valence-corrected chi connectivity index (χ2v) is 18.1. The van der Waals surface area contributed by atoms with Crippen LogP contribution in [0.15, 0.2) is 211 Å². The molecular weight excluding hydrogens is 785 g/mol. The first-order chi connectivity index (χ1) is 31.2. The fourth-order valence-corrected chi connectivity index (χ4v) is 12.1. The van der Waals surface area contributed by atoms with E-state index in [1.165, 1.54) is 102 Å². The summed E-state index contributed by atoms with van der Waals surface area (Å²) in [7, 11) is 0. The molecule has 1 aliphatic heterocycles. The molecule has 0 saturated carbocycles. The third-order valence-electron chi connectivity index (χ3n) is 13.6. The number of benzene rings is 11. The topological polar surface area (TPSA) is 22.4 Å². The Balaban J connectivity index is 1.04. The van der Waals surface area contributed by atoms with Crippen molar-refractivity contribution in [2.45, 2.75) is 12.0 Å². The monoisotopic (exact) mass is 820 g/mol. The summed E-state index contributed by atoms with van der Waals surface area (Å²) < 4.78 is 16.5. The minimum atomic E-state index is -0.202. The standard InChI is InChI=1S/C60H36O2S/c1-2-15-36(16-3-1)55-58-52(62-59(55)41-27-26-35-14-4-5-17-37(35)30-41)34-49(60-57(58)46-24-12-13-25-53(46)63-60)56-44-22-10-8-20-42(44)54(43-21-9-11-23-45(43)56)40-28-29-50-47(32-40)48-31-38-18-6-7-19-39(38)33-51(48)61-50/h1-34,55,59H. The molecule has 11 aromatic carbocycles. The van der Waals surface area contributed by atoms with Crippen LogP contribution < -0.4 is 4.74 Å². The lowest BCUT2D eigenvalue weighted by atomic mass is 9.81. The van der Waals surface area contributed by atoms with Crippen molar-refractivity contribution in [2.75, 3.05) is 0 Å². The van der Waals surface area contributed by atoms with E-state index in [-0.39, 0.29) is 12.0 Å². The minimum absolute atomic E-state index is 0.000286. The molecule has 294 valence electrons. The Labute approximate surface area is 366 Å². The van der Waals surface area contributed by atoms with Crippen LogP contribution in [0.1, 0.15) is 28.7 Å². The fraction of sp³-hybridized carbons (Fsp3) is 0.0333. The summed E-state index contributed by atoms with van der Waals surface area (Å²) in [5.74, 6) is 0.954. The predicted octanol–water partition coefficient (Wildman–Crippen LogP) is 17.2. The lowest BCUT2D eigenvalue weighted by Gasteiger charge is -2.21. The maximum Gasteiger partial charge on any atom is 0.136 e. The van der Waals surface area contributed by atoms with Gasteiger partial charge in [-0.1, -0.05) is 164 Å². The van der Waals surface area contributed by atoms with Gasteiger partial charge in [0.1, 0.15) is 23.0 Å². The van der Waals surface area contributed by atoms with Crippen LogP contribution in [0.25, 0.3) is 107 Å². The number of furan rings is 1. The van der Waals surface area contributed by atoms with E-state index in [4.69, 9.17) is 9.15 Å². The Morgan fingerprint density at radius 1 is 0.397 bits per heavy atom. The Hall–Kier alpha value is -7.72. The van der Waals surface area contributed by atoms with Crippen LogP contribution in [0.4, 0.5) is 0 Å². The molecule has 0 fully saturated rings. The molecule has 1 aliphatic rings. The fourth-order valence-electron chi connectivity index (χ4n) is 10.8. The molecule has 2 atom stereocenters. The lowest BCUT2D eigenvalue weighted by molar-refractivity contribution is 0.222. The third kappa shape index (κ3) is 5.18. The van der Waals surface area contributed by atoms with E-state index in [1.807, 2.05) is 11.3 Å². The number of thiophene rings is 1. The number of hydrogen-bond acceptors (Lipinski definition) is 3. The van der Waals surface area contributed by atoms with Gasteiger partial charge in [-0.05, 0) is 113 Å². The Morgan fingerprint density at radius 2 is 1.00 bits per heavy atom. The molecule has 0 N–H and O–H groups in total. The molecule has 3 heteroatoms. The molecule has 14 rings (SSSR count). The first-order valence-corrected chi connectivity index (χ1v) is 22.5. The Bertz CT molecular complexity index is 3970. The van der Waals surface area contributed by atoms with Crippen LogP contribution in [0, 0.1) is 0 Å². The van der Waals surface area contributed by atoms with Crippen molar-refractivity contribution in [3.63, 3.8) is 0 Å². The van der Waals surface area contributed by atoms with E-state index in [1.54, 1.807) is 0 Å². The van der Waals surface area contributed by atoms with E-state index in [2.05, 4.69) is 206 Å². The van der Waals surface area contributed by atoms with E-state index < -0.39 is 0 Å². The van der Waals surface area contributed by atoms with Gasteiger partial charge in [0.2, 0.25) is 0 Å². The zero-order valence-electron chi connectivity index (χ0n) is 34.0. The van der Waals surface area contributed by atoms with E-state index >= 15 is 0 Å². The van der Waals surface area contributed by atoms with Gasteiger partial charge in [0.15, 0.2) is 0 Å². The second-order valence-electron chi connectivity index (χ2n) is 17.0. The van der Waals surface area contributed by atoms with Crippen LogP contribution >= 0.6 is 11.3 Å². The molecule has 3 heterocycles. The van der Waals surface area contributed by atoms with Crippen LogP contribution in [0.5, 0.6) is 5.75 Å². The molecule has 0 spiro atoms. The van der Waals surface area contributed by atoms with Crippen LogP contribution in [-0.4, -0.2) is 0 Å². The molecule has 0 amide bonds. The van der Waals surface area contributed by atoms with Crippen molar-refractivity contribution in [3.05, 3.63) is 223 Å². The first kappa shape index (κ1) is 34.9. The molecule has 0 aliphatic carbocycles.